The number of pyridine rings is 1. The number of nitrogen functional groups attached to an aromatic ring is 1. The summed E-state index contributed by atoms with van der Waals surface area (Å²) in [5.74, 6) is 0.902. The third-order valence-electron chi connectivity index (χ3n) is 5.27. The smallest absolute Gasteiger partial charge is 0.227 e. The quantitative estimate of drug-likeness (QED) is 0.664. The first-order valence-corrected chi connectivity index (χ1v) is 8.91. The Balaban J connectivity index is 1.50. The number of carbonyl (C=O) groups excluding carboxylic acids is 1. The summed E-state index contributed by atoms with van der Waals surface area (Å²) in [6.45, 7) is 5.37. The van der Waals surface area contributed by atoms with E-state index in [4.69, 9.17) is 5.73 Å². The molecule has 1 fully saturated rings. The van der Waals surface area contributed by atoms with Crippen LogP contribution in [-0.4, -0.2) is 49.3 Å². The summed E-state index contributed by atoms with van der Waals surface area (Å²) in [6, 6.07) is 3.95. The highest BCUT2D eigenvalue weighted by molar-refractivity contribution is 5.85. The lowest BCUT2D eigenvalue weighted by Crippen LogP contribution is -2.40. The van der Waals surface area contributed by atoms with Gasteiger partial charge >= 0.3 is 0 Å². The number of anilines is 1. The summed E-state index contributed by atoms with van der Waals surface area (Å²) in [6.07, 6.45) is 2.39. The van der Waals surface area contributed by atoms with E-state index < -0.39 is 0 Å². The minimum Gasteiger partial charge on any atom is -0.384 e. The fraction of sp³-hybridized carbons (Fsp3) is 0.444. The number of aryl methyl sites for hydroxylation is 2. The second kappa shape index (κ2) is 6.44. The van der Waals surface area contributed by atoms with Gasteiger partial charge in [-0.3, -0.25) is 15.0 Å². The Kier molecular flexibility index (Phi) is 4.10. The molecule has 1 unspecified atom stereocenters. The van der Waals surface area contributed by atoms with E-state index in [0.29, 0.717) is 24.4 Å². The maximum Gasteiger partial charge on any atom is 0.227 e. The van der Waals surface area contributed by atoms with Crippen molar-refractivity contribution in [2.75, 3.05) is 18.8 Å². The zero-order valence-electron chi connectivity index (χ0n) is 15.0. The Labute approximate surface area is 151 Å². The van der Waals surface area contributed by atoms with Crippen molar-refractivity contribution in [2.45, 2.75) is 39.0 Å². The Morgan fingerprint density at radius 1 is 1.31 bits per heavy atom. The van der Waals surface area contributed by atoms with Gasteiger partial charge in [0.05, 0.1) is 17.5 Å². The van der Waals surface area contributed by atoms with Crippen LogP contribution in [-0.2, 0) is 11.2 Å². The van der Waals surface area contributed by atoms with Gasteiger partial charge in [-0.05, 0) is 38.8 Å². The van der Waals surface area contributed by atoms with Crippen LogP contribution in [0.4, 0.5) is 5.82 Å². The molecular weight excluding hydrogens is 330 g/mol. The molecule has 8 nitrogen and oxygen atoms in total. The number of hydrogen-bond donors (Lipinski definition) is 3. The number of likely N-dealkylation sites (tertiary alicyclic amines) is 1. The van der Waals surface area contributed by atoms with Gasteiger partial charge in [0, 0.05) is 36.0 Å². The second-order valence-electron chi connectivity index (χ2n) is 7.01. The highest BCUT2D eigenvalue weighted by Crippen LogP contribution is 2.28. The lowest BCUT2D eigenvalue weighted by molar-refractivity contribution is -0.131. The van der Waals surface area contributed by atoms with Gasteiger partial charge in [0.1, 0.15) is 5.82 Å². The van der Waals surface area contributed by atoms with Crippen LogP contribution in [0.2, 0.25) is 0 Å². The van der Waals surface area contributed by atoms with Gasteiger partial charge in [-0.2, -0.15) is 10.2 Å². The second-order valence-corrected chi connectivity index (χ2v) is 7.01. The number of carbonyl (C=O) groups is 1. The van der Waals surface area contributed by atoms with Gasteiger partial charge in [0.2, 0.25) is 5.91 Å². The van der Waals surface area contributed by atoms with E-state index in [0.717, 1.165) is 47.4 Å². The van der Waals surface area contributed by atoms with Gasteiger partial charge in [0.25, 0.3) is 0 Å². The Bertz CT molecular complexity index is 938. The standard InChI is InChI=1S/C18H23N7O/c1-10-14(11(2)22-21-10)8-16(26)25-7-3-4-12(9-25)15-6-5-13-17(19)23-24-18(13)20-15/h5-6,12H,3-4,7-9H2,1-2H3,(H,21,22)(H3,19,20,23,24). The molecule has 26 heavy (non-hydrogen) atoms. The molecular formula is C18H23N7O. The first kappa shape index (κ1) is 16.6. The molecule has 1 amide bonds. The molecule has 8 heteroatoms. The largest absolute Gasteiger partial charge is 0.384 e. The summed E-state index contributed by atoms with van der Waals surface area (Å²) in [7, 11) is 0. The lowest BCUT2D eigenvalue weighted by Gasteiger charge is -2.32. The summed E-state index contributed by atoms with van der Waals surface area (Å²) in [4.78, 5) is 19.4. The lowest BCUT2D eigenvalue weighted by atomic mass is 9.93. The van der Waals surface area contributed by atoms with Crippen molar-refractivity contribution in [3.8, 4) is 0 Å². The zero-order chi connectivity index (χ0) is 18.3. The number of nitrogens with two attached hydrogens (primary N) is 1. The van der Waals surface area contributed by atoms with Crippen molar-refractivity contribution in [3.63, 3.8) is 0 Å². The molecule has 1 saturated heterocycles. The van der Waals surface area contributed by atoms with Crippen LogP contribution < -0.4 is 5.73 Å². The van der Waals surface area contributed by atoms with Gasteiger partial charge < -0.3 is 10.6 Å². The molecule has 4 rings (SSSR count). The number of H-pyrrole nitrogens is 2. The SMILES string of the molecule is Cc1n[nH]c(C)c1CC(=O)N1CCCC(c2ccc3c(N)[nH]nc3n2)C1. The average Bonchev–Trinajstić information content (AvgIpc) is 3.18. The van der Waals surface area contributed by atoms with Crippen molar-refractivity contribution in [2.24, 2.45) is 0 Å². The van der Waals surface area contributed by atoms with E-state index >= 15 is 0 Å². The molecule has 0 spiro atoms. The predicted molar refractivity (Wildman–Crippen MR) is 98.6 cm³/mol. The van der Waals surface area contributed by atoms with Crippen LogP contribution in [0.3, 0.4) is 0 Å². The van der Waals surface area contributed by atoms with E-state index in [2.05, 4.69) is 25.4 Å². The normalized spacial score (nSPS) is 17.8. The van der Waals surface area contributed by atoms with E-state index in [1.807, 2.05) is 30.9 Å². The van der Waals surface area contributed by atoms with Crippen LogP contribution in [0.25, 0.3) is 11.0 Å². The third kappa shape index (κ3) is 2.91. The van der Waals surface area contributed by atoms with Gasteiger partial charge in [-0.15, -0.1) is 0 Å². The molecule has 0 aliphatic carbocycles. The van der Waals surface area contributed by atoms with Crippen molar-refractivity contribution >= 4 is 22.8 Å². The summed E-state index contributed by atoms with van der Waals surface area (Å²) < 4.78 is 0. The number of hydrogen-bond acceptors (Lipinski definition) is 5. The highest BCUT2D eigenvalue weighted by atomic mass is 16.2. The molecule has 0 radical (unpaired) electrons. The molecule has 0 bridgehead atoms. The molecule has 1 aliphatic rings. The van der Waals surface area contributed by atoms with Crippen molar-refractivity contribution in [1.82, 2.24) is 30.3 Å². The maximum atomic E-state index is 12.8. The van der Waals surface area contributed by atoms with Crippen LogP contribution in [0, 0.1) is 13.8 Å². The number of fused-ring (bicyclic) bond motifs is 1. The molecule has 3 aromatic heterocycles. The molecule has 1 atom stereocenters. The maximum absolute atomic E-state index is 12.8. The molecule has 4 heterocycles. The molecule has 4 N–H and O–H groups in total. The van der Waals surface area contributed by atoms with E-state index in [1.54, 1.807) is 0 Å². The van der Waals surface area contributed by atoms with Crippen molar-refractivity contribution < 1.29 is 4.79 Å². The predicted octanol–water partition coefficient (Wildman–Crippen LogP) is 1.83. The Morgan fingerprint density at radius 3 is 2.92 bits per heavy atom. The van der Waals surface area contributed by atoms with E-state index in [9.17, 15) is 4.79 Å². The number of rotatable bonds is 3. The van der Waals surface area contributed by atoms with Crippen LogP contribution in [0.1, 0.15) is 41.4 Å². The van der Waals surface area contributed by atoms with Gasteiger partial charge in [-0.1, -0.05) is 0 Å². The first-order valence-electron chi connectivity index (χ1n) is 8.91. The number of amides is 1. The number of nitrogens with one attached hydrogen (secondary N) is 2. The summed E-state index contributed by atoms with van der Waals surface area (Å²) >= 11 is 0. The number of aromatic amines is 2. The van der Waals surface area contributed by atoms with E-state index in [1.165, 1.54) is 0 Å². The molecule has 1 aliphatic heterocycles. The molecule has 3 aromatic rings. The van der Waals surface area contributed by atoms with Crippen molar-refractivity contribution in [1.29, 1.82) is 0 Å². The van der Waals surface area contributed by atoms with Crippen molar-refractivity contribution in [3.05, 3.63) is 34.8 Å². The molecule has 0 aromatic carbocycles. The molecule has 136 valence electrons. The number of nitrogens with zero attached hydrogens (tertiary/aromatic N) is 4. The fourth-order valence-electron chi connectivity index (χ4n) is 3.70. The first-order chi connectivity index (χ1) is 12.5. The van der Waals surface area contributed by atoms with Crippen LogP contribution >= 0.6 is 0 Å². The zero-order valence-corrected chi connectivity index (χ0v) is 15.0. The minimum atomic E-state index is 0.146. The van der Waals surface area contributed by atoms with Gasteiger partial charge in [0.15, 0.2) is 5.65 Å². The van der Waals surface area contributed by atoms with E-state index in [-0.39, 0.29) is 11.8 Å². The topological polar surface area (TPSA) is 117 Å². The average molecular weight is 353 g/mol. The number of aromatic nitrogens is 5. The minimum absolute atomic E-state index is 0.146. The Hall–Kier alpha value is -2.90. The van der Waals surface area contributed by atoms with Gasteiger partial charge in [-0.25, -0.2) is 4.98 Å². The highest BCUT2D eigenvalue weighted by Gasteiger charge is 2.27. The third-order valence-corrected chi connectivity index (χ3v) is 5.27. The summed E-state index contributed by atoms with van der Waals surface area (Å²) in [5, 5.41) is 14.9. The fourth-order valence-corrected chi connectivity index (χ4v) is 3.70. The molecule has 0 saturated carbocycles. The number of piperidine rings is 1. The Morgan fingerprint density at radius 2 is 2.15 bits per heavy atom. The van der Waals surface area contributed by atoms with Crippen LogP contribution in [0.15, 0.2) is 12.1 Å². The monoisotopic (exact) mass is 353 g/mol. The van der Waals surface area contributed by atoms with Crippen LogP contribution in [0.5, 0.6) is 0 Å². The summed E-state index contributed by atoms with van der Waals surface area (Å²) in [5.41, 5.74) is 10.3.